The van der Waals surface area contributed by atoms with E-state index in [-0.39, 0.29) is 0 Å². The molecule has 0 saturated carbocycles. The topological polar surface area (TPSA) is 0 Å². The molecule has 0 radical (unpaired) electrons. The molecule has 90 valence electrons. The van der Waals surface area contributed by atoms with Gasteiger partial charge in [0.1, 0.15) is 0 Å². The fourth-order valence-corrected chi connectivity index (χ4v) is 4.21. The zero-order valence-electron chi connectivity index (χ0n) is 9.87. The lowest BCUT2D eigenvalue weighted by Gasteiger charge is -2.29. The maximum absolute atomic E-state index is 4.51. The summed E-state index contributed by atoms with van der Waals surface area (Å²) in [4.78, 5) is 1.33. The van der Waals surface area contributed by atoms with Crippen molar-refractivity contribution in [3.63, 3.8) is 0 Å². The van der Waals surface area contributed by atoms with Crippen molar-refractivity contribution in [3.8, 4) is 0 Å². The van der Waals surface area contributed by atoms with Gasteiger partial charge in [-0.1, -0.05) is 26.0 Å². The SMILES string of the molecule is CCC(CC)(CS)CSc1ccccc1Br. The molecule has 0 aliphatic rings. The van der Waals surface area contributed by atoms with Gasteiger partial charge < -0.3 is 0 Å². The number of hydrogen-bond donors (Lipinski definition) is 1. The average Bonchev–Trinajstić information content (AvgIpc) is 2.34. The summed E-state index contributed by atoms with van der Waals surface area (Å²) in [5, 5.41) is 0. The van der Waals surface area contributed by atoms with Crippen LogP contribution < -0.4 is 0 Å². The summed E-state index contributed by atoms with van der Waals surface area (Å²) in [5.41, 5.74) is 0.378. The van der Waals surface area contributed by atoms with Crippen molar-refractivity contribution in [1.82, 2.24) is 0 Å². The highest BCUT2D eigenvalue weighted by molar-refractivity contribution is 9.10. The third-order valence-corrected chi connectivity index (χ3v) is 6.25. The Morgan fingerprint density at radius 3 is 2.38 bits per heavy atom. The second-order valence-corrected chi connectivity index (χ2v) is 6.27. The smallest absolute Gasteiger partial charge is 0.0311 e. The average molecular weight is 319 g/mol. The second-order valence-electron chi connectivity index (χ2n) is 4.08. The van der Waals surface area contributed by atoms with Crippen LogP contribution in [0.2, 0.25) is 0 Å². The minimum Gasteiger partial charge on any atom is -0.179 e. The van der Waals surface area contributed by atoms with E-state index in [1.54, 1.807) is 0 Å². The third-order valence-electron chi connectivity index (χ3n) is 3.21. The van der Waals surface area contributed by atoms with Crippen molar-refractivity contribution >= 4 is 40.3 Å². The van der Waals surface area contributed by atoms with Crippen LogP contribution in [0.25, 0.3) is 0 Å². The van der Waals surface area contributed by atoms with Gasteiger partial charge in [0.05, 0.1) is 0 Å². The predicted octanol–water partition coefficient (Wildman–Crippen LogP) is 5.28. The highest BCUT2D eigenvalue weighted by Crippen LogP contribution is 2.37. The molecule has 0 unspecified atom stereocenters. The van der Waals surface area contributed by atoms with Crippen molar-refractivity contribution in [1.29, 1.82) is 0 Å². The molecule has 1 aromatic carbocycles. The Morgan fingerprint density at radius 2 is 1.88 bits per heavy atom. The predicted molar refractivity (Wildman–Crippen MR) is 81.7 cm³/mol. The second kappa shape index (κ2) is 6.97. The summed E-state index contributed by atoms with van der Waals surface area (Å²) < 4.78 is 1.19. The van der Waals surface area contributed by atoms with Crippen LogP contribution in [-0.4, -0.2) is 11.5 Å². The molecular weight excluding hydrogens is 300 g/mol. The van der Waals surface area contributed by atoms with Crippen LogP contribution >= 0.6 is 40.3 Å². The Hall–Kier alpha value is 0.400. The fraction of sp³-hybridized carbons (Fsp3) is 0.538. The number of thiol groups is 1. The van der Waals surface area contributed by atoms with Crippen molar-refractivity contribution in [2.75, 3.05) is 11.5 Å². The molecule has 0 heterocycles. The molecule has 0 N–H and O–H groups in total. The Morgan fingerprint density at radius 1 is 1.25 bits per heavy atom. The summed E-state index contributed by atoms with van der Waals surface area (Å²) >= 11 is 10.0. The molecule has 0 bridgehead atoms. The van der Waals surface area contributed by atoms with Crippen LogP contribution in [0.3, 0.4) is 0 Å². The molecule has 0 spiro atoms. The van der Waals surface area contributed by atoms with Crippen LogP contribution in [0.1, 0.15) is 26.7 Å². The summed E-state index contributed by atoms with van der Waals surface area (Å²) in [5.74, 6) is 2.11. The van der Waals surface area contributed by atoms with Gasteiger partial charge in [-0.15, -0.1) is 11.8 Å². The Labute approximate surface area is 117 Å². The van der Waals surface area contributed by atoms with Crippen molar-refractivity contribution in [2.24, 2.45) is 5.41 Å². The van der Waals surface area contributed by atoms with Gasteiger partial charge in [-0.2, -0.15) is 12.6 Å². The Kier molecular flexibility index (Phi) is 6.30. The van der Waals surface area contributed by atoms with Gasteiger partial charge >= 0.3 is 0 Å². The minimum atomic E-state index is 0.378. The van der Waals surface area contributed by atoms with Crippen LogP contribution in [0, 0.1) is 5.41 Å². The molecule has 1 aromatic rings. The maximum Gasteiger partial charge on any atom is 0.0311 e. The van der Waals surface area contributed by atoms with E-state index in [1.165, 1.54) is 22.2 Å². The van der Waals surface area contributed by atoms with E-state index in [2.05, 4.69) is 66.7 Å². The first kappa shape index (κ1) is 14.5. The standard InChI is InChI=1S/C13H19BrS2/c1-3-13(4-2,9-15)10-16-12-8-6-5-7-11(12)14/h5-8,15H,3-4,9-10H2,1-2H3. The summed E-state index contributed by atoms with van der Waals surface area (Å²) in [6.07, 6.45) is 2.40. The number of halogens is 1. The quantitative estimate of drug-likeness (QED) is 0.550. The highest BCUT2D eigenvalue weighted by Gasteiger charge is 2.24. The molecule has 0 amide bonds. The zero-order chi connectivity index (χ0) is 12.0. The van der Waals surface area contributed by atoms with E-state index < -0.39 is 0 Å². The molecule has 16 heavy (non-hydrogen) atoms. The number of benzene rings is 1. The number of rotatable bonds is 6. The molecule has 0 nitrogen and oxygen atoms in total. The number of thioether (sulfide) groups is 1. The lowest BCUT2D eigenvalue weighted by atomic mass is 9.87. The molecular formula is C13H19BrS2. The maximum atomic E-state index is 4.51. The third kappa shape index (κ3) is 3.71. The number of hydrogen-bond acceptors (Lipinski definition) is 2. The van der Waals surface area contributed by atoms with Crippen LogP contribution in [0.4, 0.5) is 0 Å². The zero-order valence-corrected chi connectivity index (χ0v) is 13.2. The van der Waals surface area contributed by atoms with Crippen molar-refractivity contribution in [3.05, 3.63) is 28.7 Å². The van der Waals surface area contributed by atoms with E-state index in [0.29, 0.717) is 5.41 Å². The molecule has 0 aliphatic carbocycles. The Balaban J connectivity index is 2.66. The summed E-state index contributed by atoms with van der Waals surface area (Å²) in [6.45, 7) is 4.53. The largest absolute Gasteiger partial charge is 0.179 e. The van der Waals surface area contributed by atoms with E-state index in [9.17, 15) is 0 Å². The van der Waals surface area contributed by atoms with E-state index >= 15 is 0 Å². The van der Waals surface area contributed by atoms with Crippen LogP contribution in [0.5, 0.6) is 0 Å². The molecule has 0 aliphatic heterocycles. The first-order chi connectivity index (χ1) is 7.67. The van der Waals surface area contributed by atoms with E-state index in [1.807, 2.05) is 11.8 Å². The van der Waals surface area contributed by atoms with Gasteiger partial charge in [-0.25, -0.2) is 0 Å². The molecule has 0 atom stereocenters. The first-order valence-corrected chi connectivity index (χ1v) is 8.06. The van der Waals surface area contributed by atoms with Gasteiger partial charge in [0, 0.05) is 15.1 Å². The summed E-state index contributed by atoms with van der Waals surface area (Å²) in [6, 6.07) is 8.42. The monoisotopic (exact) mass is 318 g/mol. The van der Waals surface area contributed by atoms with E-state index in [4.69, 9.17) is 0 Å². The van der Waals surface area contributed by atoms with Gasteiger partial charge in [0.2, 0.25) is 0 Å². The fourth-order valence-electron chi connectivity index (χ4n) is 1.52. The Bertz CT molecular complexity index is 313. The minimum absolute atomic E-state index is 0.378. The molecule has 1 rings (SSSR count). The van der Waals surface area contributed by atoms with Gasteiger partial charge in [0.15, 0.2) is 0 Å². The molecule has 0 fully saturated rings. The van der Waals surface area contributed by atoms with Crippen molar-refractivity contribution < 1.29 is 0 Å². The lowest BCUT2D eigenvalue weighted by Crippen LogP contribution is -2.24. The van der Waals surface area contributed by atoms with E-state index in [0.717, 1.165) is 11.5 Å². The van der Waals surface area contributed by atoms with Gasteiger partial charge in [-0.3, -0.25) is 0 Å². The van der Waals surface area contributed by atoms with Crippen LogP contribution in [0.15, 0.2) is 33.6 Å². The lowest BCUT2D eigenvalue weighted by molar-refractivity contribution is 0.357. The van der Waals surface area contributed by atoms with Crippen LogP contribution in [-0.2, 0) is 0 Å². The first-order valence-electron chi connectivity index (χ1n) is 5.65. The highest BCUT2D eigenvalue weighted by atomic mass is 79.9. The van der Waals surface area contributed by atoms with Gasteiger partial charge in [0.25, 0.3) is 0 Å². The normalized spacial score (nSPS) is 11.8. The molecule has 0 saturated heterocycles. The van der Waals surface area contributed by atoms with Crippen molar-refractivity contribution in [2.45, 2.75) is 31.6 Å². The molecule has 3 heteroatoms. The summed E-state index contributed by atoms with van der Waals surface area (Å²) in [7, 11) is 0. The van der Waals surface area contributed by atoms with Gasteiger partial charge in [-0.05, 0) is 52.1 Å². The molecule has 0 aromatic heterocycles.